The molecular weight excluding hydrogens is 560 g/mol. The van der Waals surface area contributed by atoms with Gasteiger partial charge in [-0.15, -0.1) is 11.3 Å². The average molecular weight is 587 g/mol. The normalized spacial score (nSPS) is 15.5. The SMILES string of the molecule is O=C(O)c1ccc(C2CCN(C(=O)c3cc(NC(=O)c4nc(C5CC5)sc4-c4ccncc4)ccc3Cl)CC2)cc1. The van der Waals surface area contributed by atoms with Gasteiger partial charge in [-0.1, -0.05) is 23.7 Å². The Morgan fingerprint density at radius 3 is 2.29 bits per heavy atom. The highest BCUT2D eigenvalue weighted by Gasteiger charge is 2.31. The van der Waals surface area contributed by atoms with Crippen molar-refractivity contribution in [3.63, 3.8) is 0 Å². The van der Waals surface area contributed by atoms with Crippen LogP contribution in [0.4, 0.5) is 5.69 Å². The standard InChI is InChI=1S/C31H27ClN4O4S/c32-25-8-7-23(34-28(37)26-27(20-9-13-33-14-10-20)41-29(35-26)21-3-4-21)17-24(25)30(38)36-15-11-19(12-16-36)18-1-5-22(6-2-18)31(39)40/h1-2,5-10,13-14,17,19,21H,3-4,11-12,15-16H2,(H,34,37)(H,39,40). The number of benzene rings is 2. The molecule has 0 unspecified atom stereocenters. The highest BCUT2D eigenvalue weighted by Crippen LogP contribution is 2.45. The van der Waals surface area contributed by atoms with Crippen LogP contribution < -0.4 is 5.32 Å². The summed E-state index contributed by atoms with van der Waals surface area (Å²) in [7, 11) is 0. The zero-order valence-electron chi connectivity index (χ0n) is 22.0. The number of amides is 2. The predicted molar refractivity (Wildman–Crippen MR) is 158 cm³/mol. The van der Waals surface area contributed by atoms with Crippen LogP contribution in [0.15, 0.2) is 67.0 Å². The number of hydrogen-bond donors (Lipinski definition) is 2. The summed E-state index contributed by atoms with van der Waals surface area (Å²) in [6, 6.07) is 15.6. The number of aromatic carboxylic acids is 1. The number of thiazole rings is 1. The Kier molecular flexibility index (Phi) is 7.55. The molecule has 2 N–H and O–H groups in total. The third kappa shape index (κ3) is 5.87. The number of nitrogens with one attached hydrogen (secondary N) is 1. The van der Waals surface area contributed by atoms with Gasteiger partial charge in [0.25, 0.3) is 11.8 Å². The molecule has 6 rings (SSSR count). The minimum absolute atomic E-state index is 0.187. The van der Waals surface area contributed by atoms with E-state index < -0.39 is 5.97 Å². The van der Waals surface area contributed by atoms with E-state index in [0.29, 0.717) is 41.0 Å². The lowest BCUT2D eigenvalue weighted by Crippen LogP contribution is -2.38. The molecule has 1 saturated carbocycles. The second-order valence-corrected chi connectivity index (χ2v) is 11.8. The smallest absolute Gasteiger partial charge is 0.335 e. The number of hydrogen-bond acceptors (Lipinski definition) is 6. The van der Waals surface area contributed by atoms with Crippen LogP contribution in [0.1, 0.15) is 79.3 Å². The number of piperidine rings is 1. The van der Waals surface area contributed by atoms with Crippen molar-refractivity contribution in [1.29, 1.82) is 0 Å². The third-order valence-corrected chi connectivity index (χ3v) is 9.19. The Hall–Kier alpha value is -4.08. The molecule has 1 aliphatic heterocycles. The van der Waals surface area contributed by atoms with Crippen molar-refractivity contribution in [2.75, 3.05) is 18.4 Å². The van der Waals surface area contributed by atoms with E-state index in [-0.39, 0.29) is 23.3 Å². The number of carbonyl (C=O) groups excluding carboxylic acids is 2. The van der Waals surface area contributed by atoms with Crippen LogP contribution in [-0.4, -0.2) is 50.8 Å². The molecule has 1 aliphatic carbocycles. The molecule has 0 atom stereocenters. The molecule has 3 heterocycles. The summed E-state index contributed by atoms with van der Waals surface area (Å²) < 4.78 is 0. The van der Waals surface area contributed by atoms with Crippen molar-refractivity contribution < 1.29 is 19.5 Å². The fourth-order valence-corrected chi connectivity index (χ4v) is 6.57. The number of aromatic nitrogens is 2. The fraction of sp³-hybridized carbons (Fsp3) is 0.258. The Labute approximate surface area is 246 Å². The number of carboxylic acids is 1. The lowest BCUT2D eigenvalue weighted by atomic mass is 9.89. The summed E-state index contributed by atoms with van der Waals surface area (Å²) in [5.74, 6) is -0.814. The second kappa shape index (κ2) is 11.4. The molecule has 2 aliphatic rings. The quantitative estimate of drug-likeness (QED) is 0.249. The van der Waals surface area contributed by atoms with E-state index in [1.54, 1.807) is 59.0 Å². The summed E-state index contributed by atoms with van der Waals surface area (Å²) in [6.07, 6.45) is 7.09. The molecule has 1 saturated heterocycles. The first-order chi connectivity index (χ1) is 19.9. The van der Waals surface area contributed by atoms with E-state index in [1.807, 2.05) is 24.3 Å². The van der Waals surface area contributed by atoms with Crippen LogP contribution in [0.2, 0.25) is 5.02 Å². The number of rotatable bonds is 7. The summed E-state index contributed by atoms with van der Waals surface area (Å²) in [4.78, 5) is 49.4. The van der Waals surface area contributed by atoms with E-state index in [4.69, 9.17) is 21.7 Å². The molecule has 2 aromatic carbocycles. The summed E-state index contributed by atoms with van der Waals surface area (Å²) in [6.45, 7) is 1.10. The summed E-state index contributed by atoms with van der Waals surface area (Å²) in [5, 5.41) is 13.4. The van der Waals surface area contributed by atoms with Gasteiger partial charge in [0.1, 0.15) is 5.69 Å². The highest BCUT2D eigenvalue weighted by molar-refractivity contribution is 7.15. The first kappa shape index (κ1) is 27.1. The number of carbonyl (C=O) groups is 3. The first-order valence-electron chi connectivity index (χ1n) is 13.5. The topological polar surface area (TPSA) is 112 Å². The molecular formula is C31H27ClN4O4S. The minimum atomic E-state index is -0.948. The van der Waals surface area contributed by atoms with Crippen molar-refractivity contribution in [1.82, 2.24) is 14.9 Å². The van der Waals surface area contributed by atoms with Gasteiger partial charge >= 0.3 is 5.97 Å². The lowest BCUT2D eigenvalue weighted by Gasteiger charge is -2.32. The Morgan fingerprint density at radius 1 is 0.927 bits per heavy atom. The average Bonchev–Trinajstić information content (AvgIpc) is 3.76. The van der Waals surface area contributed by atoms with Crippen molar-refractivity contribution in [3.05, 3.63) is 99.4 Å². The van der Waals surface area contributed by atoms with Gasteiger partial charge in [0.15, 0.2) is 0 Å². The Bertz CT molecular complexity index is 1610. The number of likely N-dealkylation sites (tertiary alicyclic amines) is 1. The number of carboxylic acid groups (broad SMARTS) is 1. The Balaban J connectivity index is 1.15. The van der Waals surface area contributed by atoms with E-state index in [9.17, 15) is 14.4 Å². The van der Waals surface area contributed by atoms with Crippen LogP contribution in [0.25, 0.3) is 10.4 Å². The van der Waals surface area contributed by atoms with Crippen LogP contribution >= 0.6 is 22.9 Å². The van der Waals surface area contributed by atoms with Crippen molar-refractivity contribution in [2.24, 2.45) is 0 Å². The summed E-state index contributed by atoms with van der Waals surface area (Å²) in [5.41, 5.74) is 3.39. The highest BCUT2D eigenvalue weighted by atomic mass is 35.5. The molecule has 41 heavy (non-hydrogen) atoms. The predicted octanol–water partition coefficient (Wildman–Crippen LogP) is 6.71. The van der Waals surface area contributed by atoms with Crippen LogP contribution in [0.5, 0.6) is 0 Å². The monoisotopic (exact) mass is 586 g/mol. The maximum Gasteiger partial charge on any atom is 0.335 e. The van der Waals surface area contributed by atoms with E-state index >= 15 is 0 Å². The van der Waals surface area contributed by atoms with E-state index in [0.717, 1.165) is 46.7 Å². The van der Waals surface area contributed by atoms with Gasteiger partial charge in [-0.25, -0.2) is 9.78 Å². The number of nitrogens with zero attached hydrogens (tertiary/aromatic N) is 3. The van der Waals surface area contributed by atoms with E-state index in [2.05, 4.69) is 10.3 Å². The van der Waals surface area contributed by atoms with Crippen LogP contribution in [0.3, 0.4) is 0 Å². The van der Waals surface area contributed by atoms with Gasteiger partial charge in [0, 0.05) is 37.1 Å². The van der Waals surface area contributed by atoms with Gasteiger partial charge in [0.2, 0.25) is 0 Å². The van der Waals surface area contributed by atoms with Gasteiger partial charge in [0.05, 0.1) is 26.0 Å². The lowest BCUT2D eigenvalue weighted by molar-refractivity contribution is 0.0691. The molecule has 2 aromatic heterocycles. The maximum atomic E-state index is 13.5. The summed E-state index contributed by atoms with van der Waals surface area (Å²) >= 11 is 8.00. The minimum Gasteiger partial charge on any atom is -0.478 e. The van der Waals surface area contributed by atoms with E-state index in [1.165, 1.54) is 0 Å². The Morgan fingerprint density at radius 2 is 1.63 bits per heavy atom. The molecule has 10 heteroatoms. The number of pyridine rings is 1. The van der Waals surface area contributed by atoms with Crippen LogP contribution in [0, 0.1) is 0 Å². The molecule has 208 valence electrons. The third-order valence-electron chi connectivity index (χ3n) is 7.59. The largest absolute Gasteiger partial charge is 0.478 e. The molecule has 0 radical (unpaired) electrons. The zero-order chi connectivity index (χ0) is 28.5. The number of halogens is 1. The van der Waals surface area contributed by atoms with Crippen LogP contribution in [-0.2, 0) is 0 Å². The number of anilines is 1. The molecule has 4 aromatic rings. The van der Waals surface area contributed by atoms with Gasteiger partial charge in [-0.2, -0.15) is 0 Å². The maximum absolute atomic E-state index is 13.5. The van der Waals surface area contributed by atoms with Crippen molar-refractivity contribution in [3.8, 4) is 10.4 Å². The second-order valence-electron chi connectivity index (χ2n) is 10.4. The molecule has 0 spiro atoms. The molecule has 8 nitrogen and oxygen atoms in total. The molecule has 0 bridgehead atoms. The molecule has 2 amide bonds. The zero-order valence-corrected chi connectivity index (χ0v) is 23.6. The fourth-order valence-electron chi connectivity index (χ4n) is 5.14. The van der Waals surface area contributed by atoms with Crippen molar-refractivity contribution >= 4 is 46.4 Å². The van der Waals surface area contributed by atoms with Gasteiger partial charge < -0.3 is 15.3 Å². The first-order valence-corrected chi connectivity index (χ1v) is 14.7. The van der Waals surface area contributed by atoms with Gasteiger partial charge in [-0.05, 0) is 85.2 Å². The van der Waals surface area contributed by atoms with Crippen molar-refractivity contribution in [2.45, 2.75) is 37.5 Å². The van der Waals surface area contributed by atoms with Gasteiger partial charge in [-0.3, -0.25) is 14.6 Å². The molecule has 2 fully saturated rings.